The van der Waals surface area contributed by atoms with E-state index in [1.54, 1.807) is 12.1 Å². The summed E-state index contributed by atoms with van der Waals surface area (Å²) in [6.07, 6.45) is 15.1. The quantitative estimate of drug-likeness (QED) is 0.388. The second kappa shape index (κ2) is 15.4. The number of carbonyl (C=O) groups is 2. The lowest BCUT2D eigenvalue weighted by atomic mass is 9.99. The second-order valence-electron chi connectivity index (χ2n) is 8.64. The number of aryl methyl sites for hydroxylation is 1. The zero-order valence-corrected chi connectivity index (χ0v) is 22.1. The molecule has 3 rings (SSSR count). The molecule has 0 heterocycles. The van der Waals surface area contributed by atoms with E-state index in [1.807, 2.05) is 82.3 Å². The fourth-order valence-corrected chi connectivity index (χ4v) is 4.12. The number of carbonyl (C=O) groups excluding carboxylic acids is 2. The minimum absolute atomic E-state index is 0.101. The van der Waals surface area contributed by atoms with E-state index in [9.17, 15) is 9.59 Å². The molecule has 0 saturated carbocycles. The van der Waals surface area contributed by atoms with Gasteiger partial charge in [0.15, 0.2) is 0 Å². The average molecular weight is 485 g/mol. The highest BCUT2D eigenvalue weighted by molar-refractivity contribution is 6.00. The molecule has 0 aromatic heterocycles. The van der Waals surface area contributed by atoms with Crippen molar-refractivity contribution in [1.29, 1.82) is 0 Å². The van der Waals surface area contributed by atoms with Gasteiger partial charge in [-0.05, 0) is 61.4 Å². The summed E-state index contributed by atoms with van der Waals surface area (Å²) in [5.41, 5.74) is 4.53. The Morgan fingerprint density at radius 3 is 2.53 bits per heavy atom. The Labute approximate surface area is 216 Å². The van der Waals surface area contributed by atoms with Gasteiger partial charge in [-0.1, -0.05) is 99.3 Å². The van der Waals surface area contributed by atoms with Crippen molar-refractivity contribution in [3.63, 3.8) is 0 Å². The maximum absolute atomic E-state index is 13.4. The summed E-state index contributed by atoms with van der Waals surface area (Å²) in [6.45, 7) is 11.7. The molecule has 4 nitrogen and oxygen atoms in total. The molecule has 2 atom stereocenters. The number of hydrogen-bond donors (Lipinski definition) is 2. The van der Waals surface area contributed by atoms with Gasteiger partial charge in [0.1, 0.15) is 6.04 Å². The Hall–Kier alpha value is -3.66. The molecule has 36 heavy (non-hydrogen) atoms. The Bertz CT molecular complexity index is 1100. The van der Waals surface area contributed by atoms with E-state index in [2.05, 4.69) is 35.4 Å². The van der Waals surface area contributed by atoms with Crippen LogP contribution in [0, 0.1) is 6.92 Å². The summed E-state index contributed by atoms with van der Waals surface area (Å²) in [4.78, 5) is 26.7. The number of amides is 2. The van der Waals surface area contributed by atoms with E-state index in [4.69, 9.17) is 0 Å². The monoisotopic (exact) mass is 484 g/mol. The highest BCUT2D eigenvalue weighted by atomic mass is 16.2. The van der Waals surface area contributed by atoms with Crippen molar-refractivity contribution in [2.45, 2.75) is 65.5 Å². The molecule has 0 fully saturated rings. The summed E-state index contributed by atoms with van der Waals surface area (Å²) in [5, 5.41) is 6.13. The third-order valence-corrected chi connectivity index (χ3v) is 6.07. The van der Waals surface area contributed by atoms with Crippen LogP contribution in [0.25, 0.3) is 6.08 Å². The molecular weight excluding hydrogens is 444 g/mol. The lowest BCUT2D eigenvalue weighted by Gasteiger charge is -2.23. The standard InChI is InChI=1S/C30H34N2O2.C2H6/c1-4-5-19-26-22(2)14-13-20-27(26)29(33)32-28(21-24-15-9-8-10-16-24)30(34)31-23(3)25-17-11-6-7-12-18-25;1-2/h4-6,8-11,13-17,19-20,23,28H,1,7,12,18,21H2,2-3H3,(H,31,34)(H,32,33);1-2H3/b19-5-;. The Balaban J connectivity index is 0.00000222. The molecule has 1 aliphatic carbocycles. The summed E-state index contributed by atoms with van der Waals surface area (Å²) in [5.74, 6) is -0.456. The molecule has 0 spiro atoms. The van der Waals surface area contributed by atoms with Crippen LogP contribution in [-0.2, 0) is 11.2 Å². The summed E-state index contributed by atoms with van der Waals surface area (Å²) in [6, 6.07) is 14.6. The highest BCUT2D eigenvalue weighted by Crippen LogP contribution is 2.18. The molecule has 2 amide bonds. The molecule has 0 aliphatic heterocycles. The van der Waals surface area contributed by atoms with E-state index in [0.29, 0.717) is 12.0 Å². The fourth-order valence-electron chi connectivity index (χ4n) is 4.12. The van der Waals surface area contributed by atoms with Gasteiger partial charge in [-0.2, -0.15) is 0 Å². The number of hydrogen-bond acceptors (Lipinski definition) is 2. The van der Waals surface area contributed by atoms with Crippen molar-refractivity contribution in [2.24, 2.45) is 0 Å². The van der Waals surface area contributed by atoms with E-state index < -0.39 is 6.04 Å². The van der Waals surface area contributed by atoms with Gasteiger partial charge < -0.3 is 10.6 Å². The average Bonchev–Trinajstić information content (AvgIpc) is 3.19. The third kappa shape index (κ3) is 8.53. The number of rotatable bonds is 9. The number of allylic oxidation sites excluding steroid dienone is 5. The maximum atomic E-state index is 13.4. The van der Waals surface area contributed by atoms with Crippen LogP contribution in [0.3, 0.4) is 0 Å². The first-order valence-corrected chi connectivity index (χ1v) is 12.9. The molecule has 1 aliphatic rings. The van der Waals surface area contributed by atoms with Crippen molar-refractivity contribution in [3.05, 3.63) is 113 Å². The van der Waals surface area contributed by atoms with Gasteiger partial charge >= 0.3 is 0 Å². The van der Waals surface area contributed by atoms with E-state index in [1.165, 1.54) is 5.57 Å². The number of nitrogens with one attached hydrogen (secondary N) is 2. The lowest BCUT2D eigenvalue weighted by molar-refractivity contribution is -0.123. The van der Waals surface area contributed by atoms with Gasteiger partial charge in [0.25, 0.3) is 5.91 Å². The van der Waals surface area contributed by atoms with Crippen LogP contribution >= 0.6 is 0 Å². The minimum Gasteiger partial charge on any atom is -0.348 e. The van der Waals surface area contributed by atoms with Gasteiger partial charge in [-0.15, -0.1) is 0 Å². The molecule has 4 heteroatoms. The lowest BCUT2D eigenvalue weighted by Crippen LogP contribution is -2.50. The predicted molar refractivity (Wildman–Crippen MR) is 152 cm³/mol. The summed E-state index contributed by atoms with van der Waals surface area (Å²) in [7, 11) is 0. The van der Waals surface area contributed by atoms with Crippen LogP contribution in [-0.4, -0.2) is 23.9 Å². The first-order valence-electron chi connectivity index (χ1n) is 12.9. The van der Waals surface area contributed by atoms with E-state index in [0.717, 1.165) is 36.0 Å². The van der Waals surface area contributed by atoms with Crippen molar-refractivity contribution in [1.82, 2.24) is 10.6 Å². The van der Waals surface area contributed by atoms with Gasteiger partial charge in [0, 0.05) is 18.0 Å². The van der Waals surface area contributed by atoms with Crippen LogP contribution in [0.15, 0.2) is 91.1 Å². The fraction of sp³-hybridized carbons (Fsp3) is 0.312. The molecule has 2 unspecified atom stereocenters. The first-order chi connectivity index (χ1) is 17.5. The maximum Gasteiger partial charge on any atom is 0.252 e. The normalized spacial score (nSPS) is 14.5. The van der Waals surface area contributed by atoms with Crippen LogP contribution in [0.5, 0.6) is 0 Å². The van der Waals surface area contributed by atoms with Crippen LogP contribution < -0.4 is 10.6 Å². The molecule has 0 bridgehead atoms. The SMILES string of the molecule is C=C/C=C\c1c(C)cccc1C(=O)NC(Cc1ccccc1)C(=O)NC(C)C1=CC=CCCC1.CC. The molecule has 2 N–H and O–H groups in total. The van der Waals surface area contributed by atoms with E-state index >= 15 is 0 Å². The minimum atomic E-state index is -0.698. The molecule has 0 saturated heterocycles. The largest absolute Gasteiger partial charge is 0.348 e. The zero-order valence-electron chi connectivity index (χ0n) is 22.1. The van der Waals surface area contributed by atoms with Crippen molar-refractivity contribution in [2.75, 3.05) is 0 Å². The van der Waals surface area contributed by atoms with Crippen LogP contribution in [0.1, 0.15) is 67.1 Å². The van der Waals surface area contributed by atoms with Crippen molar-refractivity contribution >= 4 is 17.9 Å². The highest BCUT2D eigenvalue weighted by Gasteiger charge is 2.25. The van der Waals surface area contributed by atoms with Gasteiger partial charge in [-0.25, -0.2) is 0 Å². The van der Waals surface area contributed by atoms with Crippen LogP contribution in [0.2, 0.25) is 0 Å². The molecule has 2 aromatic rings. The molecular formula is C32H40N2O2. The number of benzene rings is 2. The topological polar surface area (TPSA) is 58.2 Å². The second-order valence-corrected chi connectivity index (χ2v) is 8.64. The molecule has 0 radical (unpaired) electrons. The Morgan fingerprint density at radius 2 is 1.81 bits per heavy atom. The molecule has 2 aromatic carbocycles. The smallest absolute Gasteiger partial charge is 0.252 e. The van der Waals surface area contributed by atoms with Crippen molar-refractivity contribution in [3.8, 4) is 0 Å². The predicted octanol–water partition coefficient (Wildman–Crippen LogP) is 6.73. The van der Waals surface area contributed by atoms with E-state index in [-0.39, 0.29) is 17.9 Å². The third-order valence-electron chi connectivity index (χ3n) is 6.07. The zero-order chi connectivity index (χ0) is 26.3. The van der Waals surface area contributed by atoms with Gasteiger partial charge in [0.2, 0.25) is 5.91 Å². The van der Waals surface area contributed by atoms with Gasteiger partial charge in [-0.3, -0.25) is 9.59 Å². The summed E-state index contributed by atoms with van der Waals surface area (Å²) >= 11 is 0. The van der Waals surface area contributed by atoms with Gasteiger partial charge in [0.05, 0.1) is 0 Å². The summed E-state index contributed by atoms with van der Waals surface area (Å²) < 4.78 is 0. The first kappa shape index (κ1) is 28.6. The van der Waals surface area contributed by atoms with Crippen molar-refractivity contribution < 1.29 is 9.59 Å². The molecule has 190 valence electrons. The Morgan fingerprint density at radius 1 is 1.06 bits per heavy atom. The Kier molecular flexibility index (Phi) is 12.2. The van der Waals surface area contributed by atoms with Crippen LogP contribution in [0.4, 0.5) is 0 Å².